The first-order chi connectivity index (χ1) is 8.60. The second kappa shape index (κ2) is 5.03. The number of carbonyl (C=O) groups is 2. The number of ether oxygens (including phenoxy) is 1. The minimum Gasteiger partial charge on any atom is -0.494 e. The summed E-state index contributed by atoms with van der Waals surface area (Å²) in [6, 6.07) is 4.37. The van der Waals surface area contributed by atoms with Crippen molar-refractivity contribution in [3.8, 4) is 5.75 Å². The van der Waals surface area contributed by atoms with Gasteiger partial charge in [0, 0.05) is 6.54 Å². The maximum Gasteiger partial charge on any atom is 0.242 e. The van der Waals surface area contributed by atoms with Crippen molar-refractivity contribution < 1.29 is 18.7 Å². The van der Waals surface area contributed by atoms with Crippen LogP contribution in [0.15, 0.2) is 18.2 Å². The molecule has 0 spiro atoms. The number of halogens is 1. The maximum absolute atomic E-state index is 13.2. The van der Waals surface area contributed by atoms with Crippen LogP contribution in [-0.2, 0) is 16.1 Å². The highest BCUT2D eigenvalue weighted by Crippen LogP contribution is 2.19. The number of methoxy groups -OCH3 is 1. The predicted molar refractivity (Wildman–Crippen MR) is 61.4 cm³/mol. The third-order valence-corrected chi connectivity index (χ3v) is 2.71. The largest absolute Gasteiger partial charge is 0.494 e. The number of nitrogens with zero attached hydrogens (tertiary/aromatic N) is 1. The van der Waals surface area contributed by atoms with Crippen molar-refractivity contribution in [1.82, 2.24) is 10.2 Å². The first-order valence-electron chi connectivity index (χ1n) is 5.47. The summed E-state index contributed by atoms with van der Waals surface area (Å²) in [4.78, 5) is 24.2. The minimum atomic E-state index is -0.455. The minimum absolute atomic E-state index is 0.0111. The molecule has 1 saturated heterocycles. The van der Waals surface area contributed by atoms with Gasteiger partial charge in [-0.15, -0.1) is 0 Å². The molecule has 96 valence electrons. The van der Waals surface area contributed by atoms with Gasteiger partial charge >= 0.3 is 0 Å². The molecule has 18 heavy (non-hydrogen) atoms. The highest BCUT2D eigenvalue weighted by molar-refractivity contribution is 5.92. The third kappa shape index (κ3) is 2.58. The summed E-state index contributed by atoms with van der Waals surface area (Å²) in [5.41, 5.74) is 0.719. The Kier molecular flexibility index (Phi) is 3.45. The summed E-state index contributed by atoms with van der Waals surface area (Å²) < 4.78 is 18.1. The average Bonchev–Trinajstić information content (AvgIpc) is 2.36. The Balaban J connectivity index is 2.13. The normalized spacial score (nSPS) is 15.6. The number of piperazine rings is 1. The molecule has 1 aliphatic rings. The van der Waals surface area contributed by atoms with Gasteiger partial charge in [0.15, 0.2) is 11.6 Å². The standard InChI is InChI=1S/C12H13FN2O3/c1-18-10-4-8(2-3-9(10)13)6-15-7-11(16)14-5-12(15)17/h2-4H,5-7H2,1H3,(H,14,16). The number of benzene rings is 1. The van der Waals surface area contributed by atoms with Crippen molar-refractivity contribution in [3.05, 3.63) is 29.6 Å². The zero-order valence-electron chi connectivity index (χ0n) is 9.90. The molecule has 2 rings (SSSR count). The molecular formula is C12H13FN2O3. The predicted octanol–water partition coefficient (Wildman–Crippen LogP) is 0.293. The average molecular weight is 252 g/mol. The molecule has 1 N–H and O–H groups in total. The van der Waals surface area contributed by atoms with Crippen molar-refractivity contribution in [2.24, 2.45) is 0 Å². The van der Waals surface area contributed by atoms with Crippen molar-refractivity contribution in [2.75, 3.05) is 20.2 Å². The van der Waals surface area contributed by atoms with Gasteiger partial charge < -0.3 is 15.0 Å². The van der Waals surface area contributed by atoms with E-state index in [1.54, 1.807) is 6.07 Å². The van der Waals surface area contributed by atoms with Crippen molar-refractivity contribution in [1.29, 1.82) is 0 Å². The number of nitrogens with one attached hydrogen (secondary N) is 1. The summed E-state index contributed by atoms with van der Waals surface area (Å²) in [5, 5.41) is 2.46. The number of hydrogen-bond donors (Lipinski definition) is 1. The fourth-order valence-corrected chi connectivity index (χ4v) is 1.77. The molecule has 0 atom stereocenters. The SMILES string of the molecule is COc1cc(CN2CC(=O)NCC2=O)ccc1F. The van der Waals surface area contributed by atoms with Gasteiger partial charge in [-0.05, 0) is 17.7 Å². The van der Waals surface area contributed by atoms with E-state index in [1.165, 1.54) is 24.1 Å². The van der Waals surface area contributed by atoms with Crippen molar-refractivity contribution in [3.63, 3.8) is 0 Å². The summed E-state index contributed by atoms with van der Waals surface area (Å²) in [6.45, 7) is 0.304. The molecule has 0 aromatic heterocycles. The van der Waals surface area contributed by atoms with E-state index in [0.29, 0.717) is 0 Å². The third-order valence-electron chi connectivity index (χ3n) is 2.71. The number of rotatable bonds is 3. The van der Waals surface area contributed by atoms with Crippen molar-refractivity contribution >= 4 is 11.8 Å². The van der Waals surface area contributed by atoms with Crippen molar-refractivity contribution in [2.45, 2.75) is 6.54 Å². The molecule has 1 aromatic carbocycles. The van der Waals surface area contributed by atoms with Crippen LogP contribution in [0.3, 0.4) is 0 Å². The topological polar surface area (TPSA) is 58.6 Å². The molecule has 1 aliphatic heterocycles. The molecule has 1 heterocycles. The van der Waals surface area contributed by atoms with E-state index in [4.69, 9.17) is 4.74 Å². The lowest BCUT2D eigenvalue weighted by molar-refractivity contribution is -0.141. The van der Waals surface area contributed by atoms with Crippen LogP contribution in [0.5, 0.6) is 5.75 Å². The van der Waals surface area contributed by atoms with E-state index in [9.17, 15) is 14.0 Å². The van der Waals surface area contributed by atoms with E-state index in [-0.39, 0.29) is 37.2 Å². The summed E-state index contributed by atoms with van der Waals surface area (Å²) in [5.74, 6) is -0.674. The monoisotopic (exact) mass is 252 g/mol. The lowest BCUT2D eigenvalue weighted by atomic mass is 10.2. The maximum atomic E-state index is 13.2. The highest BCUT2D eigenvalue weighted by atomic mass is 19.1. The molecule has 5 nitrogen and oxygen atoms in total. The Morgan fingerprint density at radius 3 is 2.94 bits per heavy atom. The fraction of sp³-hybridized carbons (Fsp3) is 0.333. The van der Waals surface area contributed by atoms with E-state index in [0.717, 1.165) is 5.56 Å². The van der Waals surface area contributed by atoms with Gasteiger partial charge in [-0.2, -0.15) is 0 Å². The molecule has 0 bridgehead atoms. The summed E-state index contributed by atoms with van der Waals surface area (Å²) in [6.07, 6.45) is 0. The highest BCUT2D eigenvalue weighted by Gasteiger charge is 2.23. The molecule has 2 amide bonds. The van der Waals surface area contributed by atoms with Gasteiger partial charge in [-0.3, -0.25) is 9.59 Å². The van der Waals surface area contributed by atoms with Crippen LogP contribution in [-0.4, -0.2) is 36.9 Å². The Morgan fingerprint density at radius 1 is 1.44 bits per heavy atom. The van der Waals surface area contributed by atoms with Crippen LogP contribution >= 0.6 is 0 Å². The van der Waals surface area contributed by atoms with Gasteiger partial charge in [-0.25, -0.2) is 4.39 Å². The molecule has 0 unspecified atom stereocenters. The molecule has 6 heteroatoms. The number of hydrogen-bond acceptors (Lipinski definition) is 3. The second-order valence-corrected chi connectivity index (χ2v) is 4.00. The quantitative estimate of drug-likeness (QED) is 0.841. The van der Waals surface area contributed by atoms with Gasteiger partial charge in [0.05, 0.1) is 20.2 Å². The zero-order valence-corrected chi connectivity index (χ0v) is 9.90. The summed E-state index contributed by atoms with van der Waals surface area (Å²) >= 11 is 0. The smallest absolute Gasteiger partial charge is 0.242 e. The molecule has 0 saturated carbocycles. The van der Waals surface area contributed by atoms with E-state index in [1.807, 2.05) is 0 Å². The Morgan fingerprint density at radius 2 is 2.22 bits per heavy atom. The van der Waals surface area contributed by atoms with Gasteiger partial charge in [0.25, 0.3) is 0 Å². The number of carbonyl (C=O) groups excluding carboxylic acids is 2. The molecule has 1 aromatic rings. The molecular weight excluding hydrogens is 239 g/mol. The van der Waals surface area contributed by atoms with Crippen LogP contribution in [0.1, 0.15) is 5.56 Å². The van der Waals surface area contributed by atoms with Gasteiger partial charge in [0.1, 0.15) is 0 Å². The number of amides is 2. The lowest BCUT2D eigenvalue weighted by Gasteiger charge is -2.26. The Bertz CT molecular complexity index is 490. The van der Waals surface area contributed by atoms with Crippen LogP contribution in [0.2, 0.25) is 0 Å². The fourth-order valence-electron chi connectivity index (χ4n) is 1.77. The second-order valence-electron chi connectivity index (χ2n) is 4.00. The van der Waals surface area contributed by atoms with E-state index < -0.39 is 5.82 Å². The van der Waals surface area contributed by atoms with Gasteiger partial charge in [0.2, 0.25) is 11.8 Å². The lowest BCUT2D eigenvalue weighted by Crippen LogP contribution is -2.50. The van der Waals surface area contributed by atoms with Crippen LogP contribution < -0.4 is 10.1 Å². The Labute approximate surface area is 104 Å². The van der Waals surface area contributed by atoms with Crippen LogP contribution in [0.4, 0.5) is 4.39 Å². The molecule has 0 radical (unpaired) electrons. The first kappa shape index (κ1) is 12.3. The Hall–Kier alpha value is -2.11. The van der Waals surface area contributed by atoms with Crippen LogP contribution in [0.25, 0.3) is 0 Å². The zero-order chi connectivity index (χ0) is 13.1. The first-order valence-corrected chi connectivity index (χ1v) is 5.47. The molecule has 1 fully saturated rings. The molecule has 0 aliphatic carbocycles. The summed E-state index contributed by atoms with van der Waals surface area (Å²) in [7, 11) is 1.38. The van der Waals surface area contributed by atoms with Crippen LogP contribution in [0, 0.1) is 5.82 Å². The van der Waals surface area contributed by atoms with Gasteiger partial charge in [-0.1, -0.05) is 6.07 Å². The van der Waals surface area contributed by atoms with E-state index in [2.05, 4.69) is 5.32 Å². The van der Waals surface area contributed by atoms with E-state index >= 15 is 0 Å².